The van der Waals surface area contributed by atoms with E-state index in [0.717, 1.165) is 32.2 Å². The summed E-state index contributed by atoms with van der Waals surface area (Å²) in [6.07, 6.45) is 4.11. The fraction of sp³-hybridized carbons (Fsp3) is 0.400. The Morgan fingerprint density at radius 2 is 2.04 bits per heavy atom. The molecule has 138 valence electrons. The molecule has 1 aliphatic heterocycles. The molecular weight excluding hydrogens is 332 g/mol. The number of rotatable bonds is 6. The van der Waals surface area contributed by atoms with Gasteiger partial charge in [0.25, 0.3) is 0 Å². The first-order valence-corrected chi connectivity index (χ1v) is 9.02. The summed E-state index contributed by atoms with van der Waals surface area (Å²) in [7, 11) is 0. The summed E-state index contributed by atoms with van der Waals surface area (Å²) < 4.78 is 0. The summed E-state index contributed by atoms with van der Waals surface area (Å²) in [5, 5.41) is 22.5. The monoisotopic (exact) mass is 356 g/mol. The van der Waals surface area contributed by atoms with Gasteiger partial charge in [0, 0.05) is 24.7 Å². The normalized spacial score (nSPS) is 20.7. The molecule has 0 aliphatic carbocycles. The summed E-state index contributed by atoms with van der Waals surface area (Å²) in [6.45, 7) is 2.94. The van der Waals surface area contributed by atoms with Gasteiger partial charge in [-0.25, -0.2) is 0 Å². The van der Waals surface area contributed by atoms with Gasteiger partial charge in [0.15, 0.2) is 11.5 Å². The minimum absolute atomic E-state index is 0.287. The molecule has 3 rings (SSSR count). The van der Waals surface area contributed by atoms with E-state index in [1.54, 1.807) is 0 Å². The standard InChI is InChI=1S/C20H24N2O4/c1-2-17-13-16(12-15-6-4-3-5-7-15)10-11-21(17)26-18-8-9-19(22(24)25)20(23)14-18/h3-9,14,16-17,23H,2,10-13H2,1H3. The zero-order valence-electron chi connectivity index (χ0n) is 14.9. The highest BCUT2D eigenvalue weighted by Crippen LogP contribution is 2.33. The van der Waals surface area contributed by atoms with Gasteiger partial charge in [-0.1, -0.05) is 37.3 Å². The number of hydrogen-bond donors (Lipinski definition) is 1. The van der Waals surface area contributed by atoms with Crippen molar-refractivity contribution in [3.8, 4) is 11.5 Å². The molecule has 0 radical (unpaired) electrons. The average Bonchev–Trinajstić information content (AvgIpc) is 2.63. The van der Waals surface area contributed by atoms with Crippen LogP contribution in [0.15, 0.2) is 48.5 Å². The van der Waals surface area contributed by atoms with Gasteiger partial charge >= 0.3 is 5.69 Å². The van der Waals surface area contributed by atoms with Gasteiger partial charge < -0.3 is 9.94 Å². The number of aromatic hydroxyl groups is 1. The van der Waals surface area contributed by atoms with Crippen LogP contribution in [0.4, 0.5) is 5.69 Å². The van der Waals surface area contributed by atoms with Crippen LogP contribution >= 0.6 is 0 Å². The predicted molar refractivity (Wildman–Crippen MR) is 99.0 cm³/mol. The zero-order chi connectivity index (χ0) is 18.5. The maximum Gasteiger partial charge on any atom is 0.310 e. The number of hydrogen-bond acceptors (Lipinski definition) is 5. The Labute approximate surface area is 153 Å². The Bertz CT molecular complexity index is 751. The first-order chi connectivity index (χ1) is 12.6. The lowest BCUT2D eigenvalue weighted by atomic mass is 9.86. The van der Waals surface area contributed by atoms with Crippen molar-refractivity contribution < 1.29 is 14.9 Å². The summed E-state index contributed by atoms with van der Waals surface area (Å²) in [5.74, 6) is 0.667. The summed E-state index contributed by atoms with van der Waals surface area (Å²) in [6, 6.07) is 14.9. The minimum Gasteiger partial charge on any atom is -0.502 e. The van der Waals surface area contributed by atoms with Crippen LogP contribution in [0, 0.1) is 16.0 Å². The van der Waals surface area contributed by atoms with Crippen molar-refractivity contribution in [3.63, 3.8) is 0 Å². The van der Waals surface area contributed by atoms with Crippen LogP contribution in [0.1, 0.15) is 31.7 Å². The molecule has 6 heteroatoms. The van der Waals surface area contributed by atoms with E-state index in [1.807, 2.05) is 11.1 Å². The third kappa shape index (κ3) is 4.32. The largest absolute Gasteiger partial charge is 0.502 e. The van der Waals surface area contributed by atoms with Gasteiger partial charge in [0.1, 0.15) is 0 Å². The van der Waals surface area contributed by atoms with Crippen LogP contribution in [0.3, 0.4) is 0 Å². The molecule has 2 atom stereocenters. The molecule has 1 aliphatic rings. The van der Waals surface area contributed by atoms with E-state index in [2.05, 4.69) is 31.2 Å². The zero-order valence-corrected chi connectivity index (χ0v) is 14.9. The van der Waals surface area contributed by atoms with Gasteiger partial charge in [-0.2, -0.15) is 0 Å². The van der Waals surface area contributed by atoms with Crippen LogP contribution in [0.5, 0.6) is 11.5 Å². The van der Waals surface area contributed by atoms with Crippen LogP contribution in [0.25, 0.3) is 0 Å². The number of nitro groups is 1. The van der Waals surface area contributed by atoms with Crippen molar-refractivity contribution in [2.24, 2.45) is 5.92 Å². The molecule has 2 aromatic rings. The molecule has 1 saturated heterocycles. The Morgan fingerprint density at radius 3 is 2.69 bits per heavy atom. The van der Waals surface area contributed by atoms with Gasteiger partial charge in [0.2, 0.25) is 0 Å². The molecule has 26 heavy (non-hydrogen) atoms. The van der Waals surface area contributed by atoms with Crippen molar-refractivity contribution in [2.75, 3.05) is 6.54 Å². The highest BCUT2D eigenvalue weighted by molar-refractivity contribution is 5.49. The van der Waals surface area contributed by atoms with Crippen LogP contribution < -0.4 is 4.84 Å². The van der Waals surface area contributed by atoms with E-state index in [0.29, 0.717) is 11.7 Å². The number of nitro benzene ring substituents is 1. The Hall–Kier alpha value is -2.60. The lowest BCUT2D eigenvalue weighted by Crippen LogP contribution is -2.44. The molecule has 0 bridgehead atoms. The lowest BCUT2D eigenvalue weighted by Gasteiger charge is -2.38. The van der Waals surface area contributed by atoms with Crippen molar-refractivity contribution >= 4 is 5.69 Å². The smallest absolute Gasteiger partial charge is 0.310 e. The Morgan fingerprint density at radius 1 is 1.27 bits per heavy atom. The van der Waals surface area contributed by atoms with Crippen molar-refractivity contribution in [3.05, 3.63) is 64.2 Å². The molecule has 1 N–H and O–H groups in total. The maximum atomic E-state index is 10.8. The van der Waals surface area contributed by atoms with E-state index in [1.165, 1.54) is 23.8 Å². The number of piperidine rings is 1. The Kier molecular flexibility index (Phi) is 5.73. The molecule has 1 fully saturated rings. The van der Waals surface area contributed by atoms with Crippen LogP contribution in [-0.4, -0.2) is 27.7 Å². The number of benzene rings is 2. The van der Waals surface area contributed by atoms with E-state index >= 15 is 0 Å². The molecular formula is C20H24N2O4. The fourth-order valence-electron chi connectivity index (χ4n) is 3.59. The van der Waals surface area contributed by atoms with Crippen molar-refractivity contribution in [2.45, 2.75) is 38.6 Å². The van der Waals surface area contributed by atoms with Crippen LogP contribution in [0.2, 0.25) is 0 Å². The molecule has 0 amide bonds. The number of hydroxylamine groups is 2. The number of nitrogens with zero attached hydrogens (tertiary/aromatic N) is 2. The predicted octanol–water partition coefficient (Wildman–Crippen LogP) is 4.33. The quantitative estimate of drug-likeness (QED) is 0.616. The van der Waals surface area contributed by atoms with Gasteiger partial charge in [-0.15, -0.1) is 5.06 Å². The van der Waals surface area contributed by atoms with Gasteiger partial charge in [-0.3, -0.25) is 10.1 Å². The summed E-state index contributed by atoms with van der Waals surface area (Å²) in [5.41, 5.74) is 1.05. The van der Waals surface area contributed by atoms with E-state index in [9.17, 15) is 15.2 Å². The van der Waals surface area contributed by atoms with E-state index in [-0.39, 0.29) is 17.5 Å². The molecule has 6 nitrogen and oxygen atoms in total. The SMILES string of the molecule is CCC1CC(Cc2ccccc2)CCN1Oc1ccc([N+](=O)[O-])c(O)c1. The van der Waals surface area contributed by atoms with Crippen molar-refractivity contribution in [1.29, 1.82) is 0 Å². The third-order valence-electron chi connectivity index (χ3n) is 4.98. The average molecular weight is 356 g/mol. The minimum atomic E-state index is -0.608. The first-order valence-electron chi connectivity index (χ1n) is 9.02. The summed E-state index contributed by atoms with van der Waals surface area (Å²) in [4.78, 5) is 16.1. The summed E-state index contributed by atoms with van der Waals surface area (Å²) >= 11 is 0. The molecule has 0 spiro atoms. The third-order valence-corrected chi connectivity index (χ3v) is 4.98. The molecule has 0 aromatic heterocycles. The molecule has 0 saturated carbocycles. The van der Waals surface area contributed by atoms with Gasteiger partial charge in [-0.05, 0) is 43.2 Å². The number of phenolic OH excluding ortho intramolecular Hbond substituents is 1. The fourth-order valence-corrected chi connectivity index (χ4v) is 3.59. The van der Waals surface area contributed by atoms with Crippen molar-refractivity contribution in [1.82, 2.24) is 5.06 Å². The second-order valence-corrected chi connectivity index (χ2v) is 6.78. The second kappa shape index (κ2) is 8.19. The lowest BCUT2D eigenvalue weighted by molar-refractivity contribution is -0.385. The molecule has 1 heterocycles. The highest BCUT2D eigenvalue weighted by Gasteiger charge is 2.29. The molecule has 2 unspecified atom stereocenters. The maximum absolute atomic E-state index is 10.8. The molecule has 2 aromatic carbocycles. The van der Waals surface area contributed by atoms with E-state index in [4.69, 9.17) is 4.84 Å². The second-order valence-electron chi connectivity index (χ2n) is 6.78. The van der Waals surface area contributed by atoms with Crippen LogP contribution in [-0.2, 0) is 6.42 Å². The van der Waals surface area contributed by atoms with E-state index < -0.39 is 4.92 Å². The topological polar surface area (TPSA) is 75.8 Å². The van der Waals surface area contributed by atoms with Gasteiger partial charge in [0.05, 0.1) is 4.92 Å². The first kappa shape index (κ1) is 18.2. The highest BCUT2D eigenvalue weighted by atomic mass is 16.7. The number of phenols is 1. The Balaban J connectivity index is 1.63.